The van der Waals surface area contributed by atoms with Crippen LogP contribution in [0.25, 0.3) is 0 Å². The van der Waals surface area contributed by atoms with Crippen molar-refractivity contribution in [1.82, 2.24) is 4.98 Å². The standard InChI is InChI=1S/C17H15NS/c1(2-4-6-12-17-13-9-15-19-17)3-5-10-16-11-7-8-14-18-16/h7-9,11,13-15H,1-4H2. The van der Waals surface area contributed by atoms with Crippen LogP contribution in [0.1, 0.15) is 36.3 Å². The molecule has 2 heterocycles. The van der Waals surface area contributed by atoms with E-state index in [2.05, 4.69) is 40.1 Å². The molecule has 0 saturated carbocycles. The Balaban J connectivity index is 1.62. The summed E-state index contributed by atoms with van der Waals surface area (Å²) in [4.78, 5) is 5.31. The highest BCUT2D eigenvalue weighted by atomic mass is 32.1. The van der Waals surface area contributed by atoms with Crippen molar-refractivity contribution in [2.24, 2.45) is 0 Å². The van der Waals surface area contributed by atoms with Gasteiger partial charge < -0.3 is 0 Å². The van der Waals surface area contributed by atoms with E-state index in [1.807, 2.05) is 24.3 Å². The molecule has 0 N–H and O–H groups in total. The van der Waals surface area contributed by atoms with Crippen molar-refractivity contribution in [2.75, 3.05) is 0 Å². The summed E-state index contributed by atoms with van der Waals surface area (Å²) in [5, 5.41) is 2.05. The number of rotatable bonds is 3. The first-order valence-corrected chi connectivity index (χ1v) is 7.25. The molecule has 0 spiro atoms. The lowest BCUT2D eigenvalue weighted by Crippen LogP contribution is -1.78. The first kappa shape index (κ1) is 13.4. The molecule has 0 aliphatic carbocycles. The number of pyridine rings is 1. The Morgan fingerprint density at radius 2 is 1.79 bits per heavy atom. The molecule has 19 heavy (non-hydrogen) atoms. The predicted octanol–water partition coefficient (Wildman–Crippen LogP) is 4.11. The Bertz CT molecular complexity index is 591. The quantitative estimate of drug-likeness (QED) is 0.601. The number of hydrogen-bond donors (Lipinski definition) is 0. The summed E-state index contributed by atoms with van der Waals surface area (Å²) in [6, 6.07) is 9.87. The van der Waals surface area contributed by atoms with E-state index in [1.54, 1.807) is 17.5 Å². The lowest BCUT2D eigenvalue weighted by molar-refractivity contribution is 0.782. The molecular formula is C17H15NS. The predicted molar refractivity (Wildman–Crippen MR) is 80.8 cm³/mol. The maximum Gasteiger partial charge on any atom is 0.113 e. The molecule has 0 aliphatic heterocycles. The van der Waals surface area contributed by atoms with Crippen molar-refractivity contribution < 1.29 is 0 Å². The van der Waals surface area contributed by atoms with Gasteiger partial charge >= 0.3 is 0 Å². The fraction of sp³-hybridized carbons (Fsp3) is 0.235. The van der Waals surface area contributed by atoms with Crippen LogP contribution in [0.5, 0.6) is 0 Å². The van der Waals surface area contributed by atoms with Crippen LogP contribution in [0.4, 0.5) is 0 Å². The van der Waals surface area contributed by atoms with Gasteiger partial charge in [0.25, 0.3) is 0 Å². The van der Waals surface area contributed by atoms with Gasteiger partial charge in [0.05, 0.1) is 4.88 Å². The summed E-state index contributed by atoms with van der Waals surface area (Å²) in [6.07, 6.45) is 5.83. The highest BCUT2D eigenvalue weighted by Crippen LogP contribution is 2.06. The van der Waals surface area contributed by atoms with E-state index in [1.165, 1.54) is 0 Å². The van der Waals surface area contributed by atoms with Crippen LogP contribution in [-0.4, -0.2) is 4.98 Å². The van der Waals surface area contributed by atoms with E-state index in [4.69, 9.17) is 0 Å². The molecule has 0 aromatic carbocycles. The van der Waals surface area contributed by atoms with Crippen LogP contribution in [0.15, 0.2) is 41.9 Å². The minimum atomic E-state index is 0.847. The molecule has 0 bridgehead atoms. The molecule has 1 nitrogen and oxygen atoms in total. The average molecular weight is 265 g/mol. The van der Waals surface area contributed by atoms with Gasteiger partial charge in [0.15, 0.2) is 0 Å². The number of hydrogen-bond acceptors (Lipinski definition) is 2. The normalized spacial score (nSPS) is 9.05. The minimum Gasteiger partial charge on any atom is -0.248 e. The Hall–Kier alpha value is -2.03. The third-order valence-corrected chi connectivity index (χ3v) is 3.25. The van der Waals surface area contributed by atoms with Gasteiger partial charge in [-0.1, -0.05) is 29.9 Å². The molecule has 0 aliphatic rings. The Morgan fingerprint density at radius 3 is 2.47 bits per heavy atom. The van der Waals surface area contributed by atoms with Gasteiger partial charge in [-0.15, -0.1) is 11.3 Å². The monoisotopic (exact) mass is 265 g/mol. The van der Waals surface area contributed by atoms with Gasteiger partial charge in [-0.05, 0) is 42.3 Å². The fourth-order valence-electron chi connectivity index (χ4n) is 1.52. The van der Waals surface area contributed by atoms with Gasteiger partial charge in [0.2, 0.25) is 0 Å². The molecule has 94 valence electrons. The maximum atomic E-state index is 4.16. The van der Waals surface area contributed by atoms with Crippen molar-refractivity contribution in [2.45, 2.75) is 25.7 Å². The smallest absolute Gasteiger partial charge is 0.113 e. The van der Waals surface area contributed by atoms with Crippen LogP contribution < -0.4 is 0 Å². The third-order valence-electron chi connectivity index (χ3n) is 2.47. The molecule has 0 atom stereocenters. The van der Waals surface area contributed by atoms with Crippen molar-refractivity contribution in [3.8, 4) is 23.7 Å². The molecule has 0 unspecified atom stereocenters. The van der Waals surface area contributed by atoms with Gasteiger partial charge in [-0.3, -0.25) is 0 Å². The third kappa shape index (κ3) is 5.42. The first-order valence-electron chi connectivity index (χ1n) is 6.37. The second kappa shape index (κ2) is 8.14. The molecule has 0 radical (unpaired) electrons. The zero-order valence-corrected chi connectivity index (χ0v) is 11.5. The molecule has 2 aromatic rings. The minimum absolute atomic E-state index is 0.847. The van der Waals surface area contributed by atoms with Gasteiger partial charge in [0, 0.05) is 19.0 Å². The largest absolute Gasteiger partial charge is 0.248 e. The number of thiophene rings is 1. The summed E-state index contributed by atoms with van der Waals surface area (Å²) in [7, 11) is 0. The molecule has 0 fully saturated rings. The number of unbranched alkanes of at least 4 members (excludes halogenated alkanes) is 3. The number of nitrogens with zero attached hydrogens (tertiary/aromatic N) is 1. The second-order valence-corrected chi connectivity index (χ2v) is 4.95. The van der Waals surface area contributed by atoms with E-state index in [-0.39, 0.29) is 0 Å². The summed E-state index contributed by atoms with van der Waals surface area (Å²) in [5.74, 6) is 12.6. The SMILES string of the molecule is C(#Cc1ccccn1)CCCCC#Cc1cccs1. The van der Waals surface area contributed by atoms with Crippen molar-refractivity contribution in [3.63, 3.8) is 0 Å². The topological polar surface area (TPSA) is 12.9 Å². The molecule has 2 rings (SSSR count). The zero-order chi connectivity index (χ0) is 13.2. The van der Waals surface area contributed by atoms with Gasteiger partial charge in [0.1, 0.15) is 5.69 Å². The lowest BCUT2D eigenvalue weighted by atomic mass is 10.2. The van der Waals surface area contributed by atoms with E-state index < -0.39 is 0 Å². The Labute approximate surface area is 118 Å². The average Bonchev–Trinajstić information content (AvgIpc) is 2.96. The second-order valence-electron chi connectivity index (χ2n) is 4.00. The summed E-state index contributed by atoms with van der Waals surface area (Å²) >= 11 is 1.69. The van der Waals surface area contributed by atoms with Crippen molar-refractivity contribution >= 4 is 11.3 Å². The van der Waals surface area contributed by atoms with Crippen LogP contribution in [0.2, 0.25) is 0 Å². The summed E-state index contributed by atoms with van der Waals surface area (Å²) < 4.78 is 0. The lowest BCUT2D eigenvalue weighted by Gasteiger charge is -1.89. The number of aromatic nitrogens is 1. The molecule has 2 heteroatoms. The van der Waals surface area contributed by atoms with E-state index in [0.717, 1.165) is 36.3 Å². The maximum absolute atomic E-state index is 4.16. The Morgan fingerprint density at radius 1 is 0.947 bits per heavy atom. The molecular weight excluding hydrogens is 250 g/mol. The van der Waals surface area contributed by atoms with Crippen LogP contribution >= 0.6 is 11.3 Å². The zero-order valence-electron chi connectivity index (χ0n) is 10.7. The van der Waals surface area contributed by atoms with Crippen LogP contribution in [-0.2, 0) is 0 Å². The van der Waals surface area contributed by atoms with E-state index >= 15 is 0 Å². The van der Waals surface area contributed by atoms with Gasteiger partial charge in [-0.25, -0.2) is 4.98 Å². The Kier molecular flexibility index (Phi) is 5.74. The van der Waals surface area contributed by atoms with E-state index in [0.29, 0.717) is 0 Å². The molecule has 0 saturated heterocycles. The molecule has 0 amide bonds. The molecule has 2 aromatic heterocycles. The summed E-state index contributed by atoms with van der Waals surface area (Å²) in [5.41, 5.74) is 0.847. The first-order chi connectivity index (χ1) is 9.45. The van der Waals surface area contributed by atoms with Crippen LogP contribution in [0, 0.1) is 23.7 Å². The van der Waals surface area contributed by atoms with Gasteiger partial charge in [-0.2, -0.15) is 0 Å². The van der Waals surface area contributed by atoms with Crippen molar-refractivity contribution in [1.29, 1.82) is 0 Å². The van der Waals surface area contributed by atoms with Crippen molar-refractivity contribution in [3.05, 3.63) is 52.5 Å². The highest BCUT2D eigenvalue weighted by Gasteiger charge is 1.86. The fourth-order valence-corrected chi connectivity index (χ4v) is 2.11. The van der Waals surface area contributed by atoms with Crippen LogP contribution in [0.3, 0.4) is 0 Å². The summed E-state index contributed by atoms with van der Waals surface area (Å²) in [6.45, 7) is 0. The highest BCUT2D eigenvalue weighted by molar-refractivity contribution is 7.10. The van der Waals surface area contributed by atoms with E-state index in [9.17, 15) is 0 Å².